The van der Waals surface area contributed by atoms with Crippen LogP contribution in [0.4, 0.5) is 5.82 Å². The van der Waals surface area contributed by atoms with E-state index in [9.17, 15) is 10.1 Å². The Morgan fingerprint density at radius 1 is 1.02 bits per heavy atom. The molecule has 4 rings (SSSR count). The molecule has 0 unspecified atom stereocenters. The minimum atomic E-state index is -0.396. The van der Waals surface area contributed by atoms with Crippen LogP contribution in [0.3, 0.4) is 0 Å². The summed E-state index contributed by atoms with van der Waals surface area (Å²) >= 11 is 0. The topological polar surface area (TPSA) is 148 Å². The highest BCUT2D eigenvalue weighted by Crippen LogP contribution is 2.23. The van der Waals surface area contributed by atoms with Crippen LogP contribution >= 0.6 is 0 Å². The first-order valence-electron chi connectivity index (χ1n) is 12.3. The van der Waals surface area contributed by atoms with Crippen LogP contribution in [0.1, 0.15) is 22.5 Å². The van der Waals surface area contributed by atoms with E-state index < -0.39 is 5.91 Å². The molecule has 10 nitrogen and oxygen atoms in total. The van der Waals surface area contributed by atoms with Crippen molar-refractivity contribution in [3.8, 4) is 23.1 Å². The van der Waals surface area contributed by atoms with Gasteiger partial charge in [-0.3, -0.25) is 14.8 Å². The second kappa shape index (κ2) is 13.9. The third-order valence-electron chi connectivity index (χ3n) is 5.55. The summed E-state index contributed by atoms with van der Waals surface area (Å²) in [6.07, 6.45) is 1.54. The molecule has 200 valence electrons. The highest BCUT2D eigenvalue weighted by Gasteiger charge is 2.12. The first kappa shape index (κ1) is 27.6. The van der Waals surface area contributed by atoms with Crippen molar-refractivity contribution in [3.63, 3.8) is 0 Å². The van der Waals surface area contributed by atoms with Crippen molar-refractivity contribution in [3.05, 3.63) is 107 Å². The Bertz CT molecular complexity index is 1560. The molecule has 0 saturated carbocycles. The standard InChI is InChI=1S/C30H27N7O3/c1-39-19-25-10-6-9-24(34-25)17-33-18-28(37-32)23-14-27(22-8-5-7-21(13-22)16-31)35-29(15-23)36-30(38)20-40-26-11-3-2-4-12-26/h2-15,18H,17,19-20,32H2,1H3,(H,35,36,38). The first-order valence-corrected chi connectivity index (χ1v) is 12.3. The lowest BCUT2D eigenvalue weighted by atomic mass is 10.0. The number of aliphatic imine (C=N–C) groups is 1. The minimum absolute atomic E-state index is 0.205. The van der Waals surface area contributed by atoms with Crippen molar-refractivity contribution < 1.29 is 14.3 Å². The lowest BCUT2D eigenvalue weighted by molar-refractivity contribution is -0.118. The van der Waals surface area contributed by atoms with E-state index >= 15 is 0 Å². The fourth-order valence-electron chi connectivity index (χ4n) is 3.74. The molecule has 0 radical (unpaired) electrons. The minimum Gasteiger partial charge on any atom is -0.484 e. The van der Waals surface area contributed by atoms with Crippen molar-refractivity contribution in [2.75, 3.05) is 19.0 Å². The zero-order valence-electron chi connectivity index (χ0n) is 21.8. The maximum Gasteiger partial charge on any atom is 0.263 e. The molecule has 0 aliphatic carbocycles. The lowest BCUT2D eigenvalue weighted by Gasteiger charge is -2.11. The molecule has 10 heteroatoms. The number of nitrogens with one attached hydrogen (secondary N) is 1. The molecule has 3 N–H and O–H groups in total. The molecule has 2 aromatic heterocycles. The third-order valence-corrected chi connectivity index (χ3v) is 5.55. The molecule has 0 bridgehead atoms. The second-order valence-electron chi connectivity index (χ2n) is 8.51. The van der Waals surface area contributed by atoms with E-state index in [1.807, 2.05) is 42.5 Å². The van der Waals surface area contributed by atoms with E-state index in [0.717, 1.165) is 11.4 Å². The van der Waals surface area contributed by atoms with Gasteiger partial charge in [0.05, 0.1) is 41.9 Å². The molecule has 1 amide bonds. The van der Waals surface area contributed by atoms with Crippen LogP contribution in [0, 0.1) is 11.3 Å². The number of amides is 1. The van der Waals surface area contributed by atoms with E-state index in [2.05, 4.69) is 31.4 Å². The fourth-order valence-corrected chi connectivity index (χ4v) is 3.74. The summed E-state index contributed by atoms with van der Waals surface area (Å²) in [4.78, 5) is 26.2. The van der Waals surface area contributed by atoms with Crippen molar-refractivity contribution in [2.24, 2.45) is 15.9 Å². The van der Waals surface area contributed by atoms with Crippen molar-refractivity contribution in [2.45, 2.75) is 13.2 Å². The SMILES string of the molecule is COCc1cccc(CN=CC(=NN)c2cc(NC(=O)COc3ccccc3)nc(-c3cccc(C#N)c3)c2)n1. The number of carbonyl (C=O) groups excluding carboxylic acids is 1. The number of ether oxygens (including phenoxy) is 2. The number of benzene rings is 2. The van der Waals surface area contributed by atoms with Gasteiger partial charge in [0, 0.05) is 24.5 Å². The number of rotatable bonds is 11. The summed E-state index contributed by atoms with van der Waals surface area (Å²) < 4.78 is 10.7. The van der Waals surface area contributed by atoms with Gasteiger partial charge in [0.2, 0.25) is 0 Å². The Hall–Kier alpha value is -5.40. The molecule has 0 fully saturated rings. The number of hydrogen-bond acceptors (Lipinski definition) is 9. The molecule has 0 aliphatic heterocycles. The van der Waals surface area contributed by atoms with Crippen LogP contribution < -0.4 is 15.9 Å². The summed E-state index contributed by atoms with van der Waals surface area (Å²) in [7, 11) is 1.61. The van der Waals surface area contributed by atoms with E-state index in [0.29, 0.717) is 47.0 Å². The largest absolute Gasteiger partial charge is 0.484 e. The number of nitriles is 1. The number of anilines is 1. The second-order valence-corrected chi connectivity index (χ2v) is 8.51. The number of carbonyl (C=O) groups is 1. The molecule has 0 saturated heterocycles. The van der Waals surface area contributed by atoms with Crippen LogP contribution in [0.25, 0.3) is 11.3 Å². The van der Waals surface area contributed by atoms with Gasteiger partial charge in [0.25, 0.3) is 5.91 Å². The summed E-state index contributed by atoms with van der Waals surface area (Å²) in [5, 5.41) is 16.0. The Morgan fingerprint density at radius 2 is 1.82 bits per heavy atom. The molecule has 2 aromatic carbocycles. The maximum atomic E-state index is 12.7. The summed E-state index contributed by atoms with van der Waals surface area (Å²) in [5.41, 5.74) is 4.17. The van der Waals surface area contributed by atoms with Gasteiger partial charge in [-0.2, -0.15) is 10.4 Å². The van der Waals surface area contributed by atoms with Gasteiger partial charge in [-0.1, -0.05) is 36.4 Å². The predicted octanol–water partition coefficient (Wildman–Crippen LogP) is 4.11. The van der Waals surface area contributed by atoms with Gasteiger partial charge in [-0.15, -0.1) is 0 Å². The van der Waals surface area contributed by atoms with Crippen LogP contribution in [0.15, 0.2) is 95.0 Å². The smallest absolute Gasteiger partial charge is 0.263 e. The van der Waals surface area contributed by atoms with E-state index in [1.165, 1.54) is 0 Å². The van der Waals surface area contributed by atoms with E-state index in [4.69, 9.17) is 15.3 Å². The normalized spacial score (nSPS) is 11.2. The van der Waals surface area contributed by atoms with Crippen LogP contribution in [0.5, 0.6) is 5.75 Å². The fraction of sp³-hybridized carbons (Fsp3) is 0.133. The van der Waals surface area contributed by atoms with Crippen LogP contribution in [0.2, 0.25) is 0 Å². The van der Waals surface area contributed by atoms with Gasteiger partial charge in [0.1, 0.15) is 17.3 Å². The van der Waals surface area contributed by atoms with Crippen LogP contribution in [-0.4, -0.2) is 41.5 Å². The number of hydrazone groups is 1. The number of pyridine rings is 2. The van der Waals surface area contributed by atoms with Gasteiger partial charge >= 0.3 is 0 Å². The van der Waals surface area contributed by atoms with Gasteiger partial charge < -0.3 is 20.6 Å². The molecule has 0 spiro atoms. The first-order chi connectivity index (χ1) is 19.6. The van der Waals surface area contributed by atoms with Crippen molar-refractivity contribution in [1.29, 1.82) is 5.26 Å². The monoisotopic (exact) mass is 533 g/mol. The average Bonchev–Trinajstić information content (AvgIpc) is 2.99. The number of methoxy groups -OCH3 is 1. The molecular weight excluding hydrogens is 506 g/mol. The number of hydrogen-bond donors (Lipinski definition) is 2. The molecular formula is C30H27N7O3. The Labute approximate surface area is 231 Å². The predicted molar refractivity (Wildman–Crippen MR) is 153 cm³/mol. The lowest BCUT2D eigenvalue weighted by Crippen LogP contribution is -2.21. The highest BCUT2D eigenvalue weighted by molar-refractivity contribution is 6.38. The highest BCUT2D eigenvalue weighted by atomic mass is 16.5. The van der Waals surface area contributed by atoms with Gasteiger partial charge in [0.15, 0.2) is 6.61 Å². The Kier molecular flexibility index (Phi) is 9.63. The third kappa shape index (κ3) is 7.80. The average molecular weight is 534 g/mol. The summed E-state index contributed by atoms with van der Waals surface area (Å²) in [5.74, 6) is 6.18. The van der Waals surface area contributed by atoms with Gasteiger partial charge in [-0.25, -0.2) is 4.98 Å². The number of nitrogens with zero attached hydrogens (tertiary/aromatic N) is 5. The molecule has 40 heavy (non-hydrogen) atoms. The molecule has 4 aromatic rings. The van der Waals surface area contributed by atoms with E-state index in [-0.39, 0.29) is 12.4 Å². The number of aromatic nitrogens is 2. The molecule has 0 aliphatic rings. The zero-order valence-corrected chi connectivity index (χ0v) is 21.8. The van der Waals surface area contributed by atoms with Gasteiger partial charge in [-0.05, 0) is 48.5 Å². The van der Waals surface area contributed by atoms with E-state index in [1.54, 1.807) is 55.8 Å². The number of nitrogens with two attached hydrogens (primary N) is 1. The zero-order chi connectivity index (χ0) is 28.2. The Balaban J connectivity index is 1.58. The quantitative estimate of drug-likeness (QED) is 0.167. The summed E-state index contributed by atoms with van der Waals surface area (Å²) in [6.45, 7) is 0.507. The number of para-hydroxylation sites is 1. The Morgan fingerprint density at radius 3 is 2.60 bits per heavy atom. The molecule has 0 atom stereocenters. The molecule has 2 heterocycles. The van der Waals surface area contributed by atoms with Crippen molar-refractivity contribution >= 4 is 23.7 Å². The van der Waals surface area contributed by atoms with Crippen molar-refractivity contribution in [1.82, 2.24) is 9.97 Å². The summed E-state index contributed by atoms with van der Waals surface area (Å²) in [6, 6.07) is 27.2. The maximum absolute atomic E-state index is 12.7. The van der Waals surface area contributed by atoms with Crippen LogP contribution in [-0.2, 0) is 22.7 Å².